The van der Waals surface area contributed by atoms with Crippen LogP contribution < -0.4 is 10.9 Å². The van der Waals surface area contributed by atoms with Crippen LogP contribution in [0.5, 0.6) is 5.75 Å². The highest BCUT2D eigenvalue weighted by Crippen LogP contribution is 2.29. The van der Waals surface area contributed by atoms with E-state index in [4.69, 9.17) is 0 Å². The molecule has 2 heterocycles. The van der Waals surface area contributed by atoms with Crippen molar-refractivity contribution in [2.75, 3.05) is 5.32 Å². The minimum Gasteiger partial charge on any atom is -0.505 e. The van der Waals surface area contributed by atoms with Crippen LogP contribution in [0.3, 0.4) is 0 Å². The first-order valence-corrected chi connectivity index (χ1v) is 6.94. The van der Waals surface area contributed by atoms with E-state index >= 15 is 0 Å². The highest BCUT2D eigenvalue weighted by atomic mass is 32.1. The van der Waals surface area contributed by atoms with E-state index in [0.29, 0.717) is 10.2 Å². The maximum Gasteiger partial charge on any atom is 0.265 e. The molecule has 0 atom stereocenters. The number of aromatic nitrogens is 1. The Kier molecular flexibility index (Phi) is 3.38. The topological polar surface area (TPSA) is 82.2 Å². The molecule has 22 heavy (non-hydrogen) atoms. The third-order valence-corrected chi connectivity index (χ3v) is 3.92. The second kappa shape index (κ2) is 5.23. The number of hydrogen-bond acceptors (Lipinski definition) is 4. The number of aromatic amines is 1. The number of pyridine rings is 1. The second-order valence-electron chi connectivity index (χ2n) is 4.42. The van der Waals surface area contributed by atoms with Crippen molar-refractivity contribution in [2.24, 2.45) is 0 Å². The van der Waals surface area contributed by atoms with Gasteiger partial charge in [-0.1, -0.05) is 0 Å². The van der Waals surface area contributed by atoms with E-state index in [1.54, 1.807) is 11.4 Å². The minimum atomic E-state index is -1.13. The van der Waals surface area contributed by atoms with Crippen LogP contribution >= 0.6 is 11.3 Å². The Balaban J connectivity index is 2.01. The van der Waals surface area contributed by atoms with E-state index in [-0.39, 0.29) is 5.69 Å². The number of H-pyrrole nitrogens is 1. The maximum atomic E-state index is 13.1. The van der Waals surface area contributed by atoms with E-state index in [1.807, 2.05) is 0 Å². The first-order chi connectivity index (χ1) is 10.5. The maximum absolute atomic E-state index is 13.1. The van der Waals surface area contributed by atoms with E-state index in [0.717, 1.165) is 29.5 Å². The molecule has 3 rings (SSSR count). The Hall–Kier alpha value is -2.74. The van der Waals surface area contributed by atoms with Crippen LogP contribution in [0.2, 0.25) is 0 Å². The first-order valence-electron chi connectivity index (χ1n) is 6.06. The molecule has 8 heteroatoms. The smallest absolute Gasteiger partial charge is 0.265 e. The number of aromatic hydroxyl groups is 1. The molecule has 0 spiro atoms. The van der Waals surface area contributed by atoms with Gasteiger partial charge in [0.15, 0.2) is 17.4 Å². The summed E-state index contributed by atoms with van der Waals surface area (Å²) in [5.41, 5.74) is -0.881. The summed E-state index contributed by atoms with van der Waals surface area (Å²) in [5.74, 6) is -3.56. The third-order valence-electron chi connectivity index (χ3n) is 3.00. The molecule has 0 aliphatic carbocycles. The Morgan fingerprint density at radius 1 is 1.23 bits per heavy atom. The van der Waals surface area contributed by atoms with Gasteiger partial charge in [-0.25, -0.2) is 8.78 Å². The average Bonchev–Trinajstić information content (AvgIpc) is 2.91. The van der Waals surface area contributed by atoms with E-state index < -0.39 is 34.4 Å². The SMILES string of the molecule is O=C(Nc1ccc(F)c(F)c1)c1c(O)c2sccc2[nH]c1=O. The van der Waals surface area contributed by atoms with Gasteiger partial charge < -0.3 is 15.4 Å². The lowest BCUT2D eigenvalue weighted by molar-refractivity contribution is 0.102. The van der Waals surface area contributed by atoms with Crippen LogP contribution in [-0.4, -0.2) is 16.0 Å². The molecule has 5 nitrogen and oxygen atoms in total. The van der Waals surface area contributed by atoms with Crippen LogP contribution in [-0.2, 0) is 0 Å². The highest BCUT2D eigenvalue weighted by molar-refractivity contribution is 7.17. The number of carbonyl (C=O) groups excluding carboxylic acids is 1. The molecule has 0 saturated carbocycles. The Bertz CT molecular complexity index is 949. The van der Waals surface area contributed by atoms with E-state index in [1.165, 1.54) is 0 Å². The number of nitrogens with one attached hydrogen (secondary N) is 2. The van der Waals surface area contributed by atoms with Crippen molar-refractivity contribution in [3.63, 3.8) is 0 Å². The summed E-state index contributed by atoms with van der Waals surface area (Å²) in [5, 5.41) is 14.0. The van der Waals surface area contributed by atoms with Crippen molar-refractivity contribution in [3.05, 3.63) is 57.2 Å². The van der Waals surface area contributed by atoms with Crippen molar-refractivity contribution in [2.45, 2.75) is 0 Å². The standard InChI is InChI=1S/C14H8F2N2O3S/c15-7-2-1-6(5-8(7)16)17-13(20)10-11(19)12-9(3-4-22-12)18-14(10)21/h1-5H,(H,17,20)(H2,18,19,21). The lowest BCUT2D eigenvalue weighted by Gasteiger charge is -2.07. The van der Waals surface area contributed by atoms with Gasteiger partial charge in [0.25, 0.3) is 11.5 Å². The number of rotatable bonds is 2. The molecule has 0 radical (unpaired) electrons. The van der Waals surface area contributed by atoms with Gasteiger partial charge in [-0.05, 0) is 23.6 Å². The van der Waals surface area contributed by atoms with Gasteiger partial charge in [-0.3, -0.25) is 9.59 Å². The second-order valence-corrected chi connectivity index (χ2v) is 5.34. The summed E-state index contributed by atoms with van der Waals surface area (Å²) in [6.45, 7) is 0. The van der Waals surface area contributed by atoms with Gasteiger partial charge in [-0.15, -0.1) is 11.3 Å². The number of halogens is 2. The molecule has 112 valence electrons. The largest absolute Gasteiger partial charge is 0.505 e. The molecule has 1 amide bonds. The van der Waals surface area contributed by atoms with Gasteiger partial charge in [0.05, 0.1) is 10.2 Å². The fourth-order valence-corrected chi connectivity index (χ4v) is 2.78. The van der Waals surface area contributed by atoms with E-state index in [2.05, 4.69) is 10.3 Å². The van der Waals surface area contributed by atoms with Crippen LogP contribution in [0.1, 0.15) is 10.4 Å². The summed E-state index contributed by atoms with van der Waals surface area (Å²) in [6, 6.07) is 4.36. The molecule has 0 saturated heterocycles. The fourth-order valence-electron chi connectivity index (χ4n) is 1.98. The fraction of sp³-hybridized carbons (Fsp3) is 0. The number of amides is 1. The Morgan fingerprint density at radius 3 is 2.73 bits per heavy atom. The molecule has 0 aliphatic heterocycles. The summed E-state index contributed by atoms with van der Waals surface area (Å²) in [4.78, 5) is 26.5. The normalized spacial score (nSPS) is 10.8. The van der Waals surface area contributed by atoms with Crippen molar-refractivity contribution < 1.29 is 18.7 Å². The number of hydrogen-bond donors (Lipinski definition) is 3. The number of carbonyl (C=O) groups is 1. The van der Waals surface area contributed by atoms with Crippen molar-refractivity contribution in [3.8, 4) is 5.75 Å². The molecule has 0 bridgehead atoms. The van der Waals surface area contributed by atoms with Crippen molar-refractivity contribution >= 4 is 33.1 Å². The molecule has 3 aromatic rings. The zero-order valence-electron chi connectivity index (χ0n) is 10.8. The van der Waals surface area contributed by atoms with Crippen molar-refractivity contribution in [1.29, 1.82) is 0 Å². The number of anilines is 1. The van der Waals surface area contributed by atoms with Gasteiger partial charge in [0, 0.05) is 11.8 Å². The van der Waals surface area contributed by atoms with Gasteiger partial charge in [0.1, 0.15) is 5.56 Å². The Labute approximate surface area is 125 Å². The summed E-state index contributed by atoms with van der Waals surface area (Å²) >= 11 is 1.16. The predicted molar refractivity (Wildman–Crippen MR) is 78.4 cm³/mol. The average molecular weight is 322 g/mol. The molecule has 0 aliphatic rings. The summed E-state index contributed by atoms with van der Waals surface area (Å²) in [7, 11) is 0. The highest BCUT2D eigenvalue weighted by Gasteiger charge is 2.20. The molecular weight excluding hydrogens is 314 g/mol. The minimum absolute atomic E-state index is 0.0334. The first kappa shape index (κ1) is 14.2. The molecule has 2 aromatic heterocycles. The quantitative estimate of drug-likeness (QED) is 0.678. The molecular formula is C14H8F2N2O3S. The molecule has 0 fully saturated rings. The Morgan fingerprint density at radius 2 is 2.00 bits per heavy atom. The number of thiophene rings is 1. The van der Waals surface area contributed by atoms with Crippen LogP contribution in [0.25, 0.3) is 10.2 Å². The monoisotopic (exact) mass is 322 g/mol. The van der Waals surface area contributed by atoms with Crippen molar-refractivity contribution in [1.82, 2.24) is 4.98 Å². The number of benzene rings is 1. The summed E-state index contributed by atoms with van der Waals surface area (Å²) < 4.78 is 26.3. The van der Waals surface area contributed by atoms with Gasteiger partial charge >= 0.3 is 0 Å². The summed E-state index contributed by atoms with van der Waals surface area (Å²) in [6.07, 6.45) is 0. The molecule has 1 aromatic carbocycles. The number of fused-ring (bicyclic) bond motifs is 1. The molecule has 3 N–H and O–H groups in total. The van der Waals surface area contributed by atoms with Crippen LogP contribution in [0.4, 0.5) is 14.5 Å². The molecule has 0 unspecified atom stereocenters. The van der Waals surface area contributed by atoms with Crippen LogP contribution in [0, 0.1) is 11.6 Å². The van der Waals surface area contributed by atoms with Crippen LogP contribution in [0.15, 0.2) is 34.4 Å². The van der Waals surface area contributed by atoms with Gasteiger partial charge in [-0.2, -0.15) is 0 Å². The zero-order chi connectivity index (χ0) is 15.9. The lowest BCUT2D eigenvalue weighted by Crippen LogP contribution is -2.23. The zero-order valence-corrected chi connectivity index (χ0v) is 11.6. The van der Waals surface area contributed by atoms with Gasteiger partial charge in [0.2, 0.25) is 0 Å². The predicted octanol–water partition coefficient (Wildman–Crippen LogP) is 2.83. The third kappa shape index (κ3) is 2.33. The lowest BCUT2D eigenvalue weighted by atomic mass is 10.2. The van der Waals surface area contributed by atoms with E-state index in [9.17, 15) is 23.5 Å².